The van der Waals surface area contributed by atoms with Crippen molar-refractivity contribution >= 4 is 5.69 Å². The molecule has 2 unspecified atom stereocenters. The summed E-state index contributed by atoms with van der Waals surface area (Å²) in [6.07, 6.45) is 1.90. The highest BCUT2D eigenvalue weighted by Gasteiger charge is 2.24. The summed E-state index contributed by atoms with van der Waals surface area (Å²) in [4.78, 5) is 4.01. The van der Waals surface area contributed by atoms with Gasteiger partial charge in [-0.05, 0) is 18.6 Å². The zero-order chi connectivity index (χ0) is 13.7. The van der Waals surface area contributed by atoms with Crippen LogP contribution in [0.3, 0.4) is 0 Å². The number of hydrogen-bond acceptors (Lipinski definition) is 4. The second-order valence-electron chi connectivity index (χ2n) is 4.24. The maximum absolute atomic E-state index is 10.5. The Labute approximate surface area is 112 Å². The van der Waals surface area contributed by atoms with E-state index in [2.05, 4.69) is 4.98 Å². The average Bonchev–Trinajstić information content (AvgIpc) is 2.45. The molecule has 0 saturated heterocycles. The van der Waals surface area contributed by atoms with E-state index in [0.717, 1.165) is 5.56 Å². The molecule has 100 valence electrons. The standard InChI is InChI=1S/C15H18N2O2/c1-2-19-15(11-6-4-3-5-7-11)14(18)12-10-17-9-8-13(12)16/h3-10,14-15,18H,2H2,1H3,(H2,16,17). The van der Waals surface area contributed by atoms with Gasteiger partial charge in [0.1, 0.15) is 12.2 Å². The Kier molecular flexibility index (Phi) is 4.49. The van der Waals surface area contributed by atoms with Gasteiger partial charge in [0, 0.05) is 30.3 Å². The van der Waals surface area contributed by atoms with Crippen molar-refractivity contribution in [3.8, 4) is 0 Å². The molecule has 0 aliphatic heterocycles. The minimum atomic E-state index is -0.837. The van der Waals surface area contributed by atoms with Gasteiger partial charge in [0.2, 0.25) is 0 Å². The monoisotopic (exact) mass is 258 g/mol. The molecule has 2 atom stereocenters. The van der Waals surface area contributed by atoms with E-state index >= 15 is 0 Å². The van der Waals surface area contributed by atoms with Crippen molar-refractivity contribution in [1.29, 1.82) is 0 Å². The molecule has 0 fully saturated rings. The van der Waals surface area contributed by atoms with Gasteiger partial charge < -0.3 is 15.6 Å². The predicted molar refractivity (Wildman–Crippen MR) is 74.4 cm³/mol. The smallest absolute Gasteiger partial charge is 0.113 e. The van der Waals surface area contributed by atoms with E-state index < -0.39 is 12.2 Å². The number of pyridine rings is 1. The molecule has 0 spiro atoms. The summed E-state index contributed by atoms with van der Waals surface area (Å²) in [5.74, 6) is 0. The number of ether oxygens (including phenoxy) is 1. The van der Waals surface area contributed by atoms with E-state index in [1.165, 1.54) is 0 Å². The lowest BCUT2D eigenvalue weighted by Crippen LogP contribution is -2.16. The average molecular weight is 258 g/mol. The van der Waals surface area contributed by atoms with E-state index in [-0.39, 0.29) is 0 Å². The number of nitrogen functional groups attached to an aromatic ring is 1. The summed E-state index contributed by atoms with van der Waals surface area (Å²) in [5, 5.41) is 10.5. The fourth-order valence-electron chi connectivity index (χ4n) is 2.02. The summed E-state index contributed by atoms with van der Waals surface area (Å²) in [7, 11) is 0. The number of benzene rings is 1. The summed E-state index contributed by atoms with van der Waals surface area (Å²) in [6.45, 7) is 2.41. The largest absolute Gasteiger partial charge is 0.398 e. The lowest BCUT2D eigenvalue weighted by atomic mass is 9.98. The molecule has 1 heterocycles. The van der Waals surface area contributed by atoms with E-state index in [9.17, 15) is 5.11 Å². The minimum Gasteiger partial charge on any atom is -0.398 e. The van der Waals surface area contributed by atoms with Gasteiger partial charge in [0.05, 0.1) is 0 Å². The van der Waals surface area contributed by atoms with Crippen molar-refractivity contribution in [1.82, 2.24) is 4.98 Å². The summed E-state index contributed by atoms with van der Waals surface area (Å²) < 4.78 is 5.67. The van der Waals surface area contributed by atoms with Crippen LogP contribution in [-0.4, -0.2) is 16.7 Å². The van der Waals surface area contributed by atoms with Crippen molar-refractivity contribution in [2.24, 2.45) is 0 Å². The van der Waals surface area contributed by atoms with Crippen LogP contribution >= 0.6 is 0 Å². The third-order valence-electron chi connectivity index (χ3n) is 2.97. The van der Waals surface area contributed by atoms with E-state index in [4.69, 9.17) is 10.5 Å². The van der Waals surface area contributed by atoms with Gasteiger partial charge in [0.25, 0.3) is 0 Å². The van der Waals surface area contributed by atoms with Crippen LogP contribution in [0.2, 0.25) is 0 Å². The van der Waals surface area contributed by atoms with E-state index in [0.29, 0.717) is 17.9 Å². The number of hydrogen-bond donors (Lipinski definition) is 2. The summed E-state index contributed by atoms with van der Waals surface area (Å²) >= 11 is 0. The highest BCUT2D eigenvalue weighted by molar-refractivity contribution is 5.46. The number of aromatic nitrogens is 1. The van der Waals surface area contributed by atoms with Crippen LogP contribution in [0.25, 0.3) is 0 Å². The molecular formula is C15H18N2O2. The fourth-order valence-corrected chi connectivity index (χ4v) is 2.02. The number of nitrogens with zero attached hydrogens (tertiary/aromatic N) is 1. The van der Waals surface area contributed by atoms with Gasteiger partial charge in [-0.2, -0.15) is 0 Å². The third kappa shape index (κ3) is 3.10. The van der Waals surface area contributed by atoms with Gasteiger partial charge in [-0.15, -0.1) is 0 Å². The molecule has 0 bridgehead atoms. The SMILES string of the molecule is CCOC(c1ccccc1)C(O)c1cnccc1N. The number of rotatable bonds is 5. The van der Waals surface area contributed by atoms with Crippen LogP contribution in [0.15, 0.2) is 48.8 Å². The number of nitrogens with two attached hydrogens (primary N) is 1. The number of anilines is 1. The Morgan fingerprint density at radius 1 is 1.26 bits per heavy atom. The van der Waals surface area contributed by atoms with Gasteiger partial charge in [-0.1, -0.05) is 30.3 Å². The van der Waals surface area contributed by atoms with Crippen LogP contribution in [0.1, 0.15) is 30.3 Å². The first-order chi connectivity index (χ1) is 9.24. The quantitative estimate of drug-likeness (QED) is 0.864. The van der Waals surface area contributed by atoms with Gasteiger partial charge >= 0.3 is 0 Å². The first-order valence-electron chi connectivity index (χ1n) is 6.28. The summed E-state index contributed by atoms with van der Waals surface area (Å²) in [6, 6.07) is 11.3. The second kappa shape index (κ2) is 6.31. The molecule has 1 aromatic heterocycles. The Bertz CT molecular complexity index is 517. The number of aliphatic hydroxyl groups excluding tert-OH is 1. The molecule has 2 rings (SSSR count). The van der Waals surface area contributed by atoms with Gasteiger partial charge in [-0.25, -0.2) is 0 Å². The lowest BCUT2D eigenvalue weighted by Gasteiger charge is -2.24. The zero-order valence-electron chi connectivity index (χ0n) is 10.9. The molecule has 3 N–H and O–H groups in total. The highest BCUT2D eigenvalue weighted by Crippen LogP contribution is 2.33. The molecule has 2 aromatic rings. The summed E-state index contributed by atoms with van der Waals surface area (Å²) in [5.41, 5.74) is 7.90. The molecule has 0 aliphatic carbocycles. The van der Waals surface area contributed by atoms with Crippen LogP contribution in [0.5, 0.6) is 0 Å². The topological polar surface area (TPSA) is 68.4 Å². The molecule has 4 heteroatoms. The van der Waals surface area contributed by atoms with E-state index in [1.54, 1.807) is 18.5 Å². The Hall–Kier alpha value is -1.91. The normalized spacial score (nSPS) is 14.0. The minimum absolute atomic E-state index is 0.447. The van der Waals surface area contributed by atoms with Crippen LogP contribution in [0.4, 0.5) is 5.69 Å². The van der Waals surface area contributed by atoms with Crippen LogP contribution < -0.4 is 5.73 Å². The van der Waals surface area contributed by atoms with E-state index in [1.807, 2.05) is 37.3 Å². The third-order valence-corrected chi connectivity index (χ3v) is 2.97. The molecule has 0 saturated carbocycles. The van der Waals surface area contributed by atoms with Crippen molar-refractivity contribution in [2.45, 2.75) is 19.1 Å². The molecule has 19 heavy (non-hydrogen) atoms. The molecule has 4 nitrogen and oxygen atoms in total. The van der Waals surface area contributed by atoms with Crippen molar-refractivity contribution < 1.29 is 9.84 Å². The maximum Gasteiger partial charge on any atom is 0.113 e. The fraction of sp³-hybridized carbons (Fsp3) is 0.267. The Morgan fingerprint density at radius 2 is 2.00 bits per heavy atom. The first kappa shape index (κ1) is 13.5. The predicted octanol–water partition coefficient (Wildman–Crippen LogP) is 2.47. The first-order valence-corrected chi connectivity index (χ1v) is 6.28. The van der Waals surface area contributed by atoms with Crippen LogP contribution in [0, 0.1) is 0 Å². The van der Waals surface area contributed by atoms with Crippen molar-refractivity contribution in [3.63, 3.8) is 0 Å². The Balaban J connectivity index is 2.32. The molecule has 1 aromatic carbocycles. The van der Waals surface area contributed by atoms with Gasteiger partial charge in [-0.3, -0.25) is 4.98 Å². The molecule has 0 aliphatic rings. The van der Waals surface area contributed by atoms with Gasteiger partial charge in [0.15, 0.2) is 0 Å². The Morgan fingerprint density at radius 3 is 2.63 bits per heavy atom. The zero-order valence-corrected chi connectivity index (χ0v) is 10.9. The van der Waals surface area contributed by atoms with Crippen molar-refractivity contribution in [3.05, 3.63) is 59.9 Å². The molecular weight excluding hydrogens is 240 g/mol. The number of aliphatic hydroxyl groups is 1. The molecule has 0 amide bonds. The maximum atomic E-state index is 10.5. The van der Waals surface area contributed by atoms with Crippen LogP contribution in [-0.2, 0) is 4.74 Å². The second-order valence-corrected chi connectivity index (χ2v) is 4.24. The van der Waals surface area contributed by atoms with Crippen molar-refractivity contribution in [2.75, 3.05) is 12.3 Å². The highest BCUT2D eigenvalue weighted by atomic mass is 16.5. The lowest BCUT2D eigenvalue weighted by molar-refractivity contribution is -0.0359. The molecule has 0 radical (unpaired) electrons.